The minimum Gasteiger partial charge on any atom is -0.349 e. The first kappa shape index (κ1) is 19.7. The number of aryl methyl sites for hydroxylation is 1. The minimum atomic E-state index is -3.91. The zero-order valence-corrected chi connectivity index (χ0v) is 16.7. The highest BCUT2D eigenvalue weighted by Crippen LogP contribution is 2.26. The van der Waals surface area contributed by atoms with Crippen LogP contribution < -0.4 is 10.0 Å². The first-order valence-corrected chi connectivity index (χ1v) is 10.9. The van der Waals surface area contributed by atoms with Crippen molar-refractivity contribution in [1.29, 1.82) is 0 Å². The van der Waals surface area contributed by atoms with Crippen molar-refractivity contribution in [2.45, 2.75) is 50.0 Å². The summed E-state index contributed by atoms with van der Waals surface area (Å²) in [5.74, 6) is -0.273. The van der Waals surface area contributed by atoms with Gasteiger partial charge in [0.1, 0.15) is 4.90 Å². The Morgan fingerprint density at radius 1 is 1.04 bits per heavy atom. The standard InChI is InChI=1S/C20H23ClN2O3S/c1-14-7-10-17(11-8-14)23-27(25,26)19-13-15(9-12-18(19)21)20(24)22-16-5-3-2-4-6-16/h7-13,16,23H,2-6H2,1H3,(H,22,24). The predicted molar refractivity (Wildman–Crippen MR) is 108 cm³/mol. The van der Waals surface area contributed by atoms with Crippen LogP contribution in [0.25, 0.3) is 0 Å². The number of sulfonamides is 1. The van der Waals surface area contributed by atoms with Gasteiger partial charge in [-0.3, -0.25) is 9.52 Å². The third-order valence-electron chi connectivity index (χ3n) is 4.73. The Bertz CT molecular complexity index is 921. The Hall–Kier alpha value is -2.05. The summed E-state index contributed by atoms with van der Waals surface area (Å²) in [5.41, 5.74) is 1.75. The molecule has 0 bridgehead atoms. The van der Waals surface area contributed by atoms with Crippen LogP contribution in [0.3, 0.4) is 0 Å². The number of rotatable bonds is 5. The molecule has 0 saturated heterocycles. The zero-order chi connectivity index (χ0) is 19.4. The highest BCUT2D eigenvalue weighted by Gasteiger charge is 2.22. The molecule has 0 aromatic heterocycles. The van der Waals surface area contributed by atoms with Crippen LogP contribution >= 0.6 is 11.6 Å². The molecule has 2 aromatic carbocycles. The van der Waals surface area contributed by atoms with Crippen molar-refractivity contribution < 1.29 is 13.2 Å². The molecular formula is C20H23ClN2O3S. The summed E-state index contributed by atoms with van der Waals surface area (Å²) in [5, 5.41) is 3.06. The number of benzene rings is 2. The molecule has 2 aromatic rings. The van der Waals surface area contributed by atoms with E-state index in [0.717, 1.165) is 31.2 Å². The Morgan fingerprint density at radius 3 is 2.37 bits per heavy atom. The van der Waals surface area contributed by atoms with Gasteiger partial charge in [0.25, 0.3) is 15.9 Å². The number of halogens is 1. The van der Waals surface area contributed by atoms with E-state index in [2.05, 4.69) is 10.0 Å². The van der Waals surface area contributed by atoms with Gasteiger partial charge in [-0.15, -0.1) is 0 Å². The second kappa shape index (κ2) is 8.31. The summed E-state index contributed by atoms with van der Waals surface area (Å²) < 4.78 is 28.0. The molecule has 1 amide bonds. The van der Waals surface area contributed by atoms with Gasteiger partial charge in [0, 0.05) is 17.3 Å². The second-order valence-corrected chi connectivity index (χ2v) is 8.98. The Balaban J connectivity index is 1.81. The van der Waals surface area contributed by atoms with Crippen LogP contribution in [0.15, 0.2) is 47.4 Å². The van der Waals surface area contributed by atoms with E-state index in [1.807, 2.05) is 19.1 Å². The normalized spacial score (nSPS) is 15.3. The summed E-state index contributed by atoms with van der Waals surface area (Å²) in [6.45, 7) is 1.92. The van der Waals surface area contributed by atoms with Gasteiger partial charge < -0.3 is 5.32 Å². The van der Waals surface area contributed by atoms with E-state index in [4.69, 9.17) is 11.6 Å². The Kier molecular flexibility index (Phi) is 6.07. The fourth-order valence-electron chi connectivity index (χ4n) is 3.20. The molecule has 0 aliphatic heterocycles. The highest BCUT2D eigenvalue weighted by molar-refractivity contribution is 7.92. The van der Waals surface area contributed by atoms with Crippen molar-refractivity contribution in [3.05, 3.63) is 58.6 Å². The molecule has 0 heterocycles. The molecule has 27 heavy (non-hydrogen) atoms. The number of anilines is 1. The monoisotopic (exact) mass is 406 g/mol. The maximum atomic E-state index is 12.7. The number of carbonyl (C=O) groups excluding carboxylic acids is 1. The van der Waals surface area contributed by atoms with Gasteiger partial charge in [0.2, 0.25) is 0 Å². The van der Waals surface area contributed by atoms with Crippen LogP contribution in [-0.4, -0.2) is 20.4 Å². The van der Waals surface area contributed by atoms with Crippen LogP contribution in [0.5, 0.6) is 0 Å². The second-order valence-electron chi connectivity index (χ2n) is 6.93. The summed E-state index contributed by atoms with van der Waals surface area (Å²) >= 11 is 6.12. The van der Waals surface area contributed by atoms with E-state index in [-0.39, 0.29) is 27.4 Å². The van der Waals surface area contributed by atoms with Crippen molar-refractivity contribution in [2.75, 3.05) is 4.72 Å². The maximum Gasteiger partial charge on any atom is 0.263 e. The largest absolute Gasteiger partial charge is 0.349 e. The molecular weight excluding hydrogens is 384 g/mol. The van der Waals surface area contributed by atoms with Gasteiger partial charge in [0.15, 0.2) is 0 Å². The van der Waals surface area contributed by atoms with Crippen LogP contribution in [0.1, 0.15) is 48.0 Å². The molecule has 3 rings (SSSR count). The lowest BCUT2D eigenvalue weighted by Gasteiger charge is -2.22. The van der Waals surface area contributed by atoms with Crippen LogP contribution in [0.2, 0.25) is 5.02 Å². The Labute approximate surface area is 165 Å². The maximum absolute atomic E-state index is 12.7. The van der Waals surface area contributed by atoms with Crippen molar-refractivity contribution in [1.82, 2.24) is 5.32 Å². The van der Waals surface area contributed by atoms with Gasteiger partial charge in [-0.1, -0.05) is 48.6 Å². The van der Waals surface area contributed by atoms with Gasteiger partial charge in [-0.25, -0.2) is 8.42 Å². The molecule has 1 fully saturated rings. The van der Waals surface area contributed by atoms with Crippen LogP contribution in [0.4, 0.5) is 5.69 Å². The predicted octanol–water partition coefficient (Wildman–Crippen LogP) is 4.51. The molecule has 144 valence electrons. The summed E-state index contributed by atoms with van der Waals surface area (Å²) in [4.78, 5) is 12.4. The fraction of sp³-hybridized carbons (Fsp3) is 0.350. The number of amides is 1. The lowest BCUT2D eigenvalue weighted by molar-refractivity contribution is 0.0927. The third-order valence-corrected chi connectivity index (χ3v) is 6.59. The van der Waals surface area contributed by atoms with E-state index in [9.17, 15) is 13.2 Å². The van der Waals surface area contributed by atoms with E-state index in [1.165, 1.54) is 18.6 Å². The SMILES string of the molecule is Cc1ccc(NS(=O)(=O)c2cc(C(=O)NC3CCCCC3)ccc2Cl)cc1. The third kappa shape index (κ3) is 5.02. The van der Waals surface area contributed by atoms with E-state index >= 15 is 0 Å². The number of hydrogen-bond donors (Lipinski definition) is 2. The fourth-order valence-corrected chi connectivity index (χ4v) is 4.78. The number of nitrogens with one attached hydrogen (secondary N) is 2. The molecule has 7 heteroatoms. The molecule has 1 saturated carbocycles. The van der Waals surface area contributed by atoms with Crippen LogP contribution in [-0.2, 0) is 10.0 Å². The zero-order valence-electron chi connectivity index (χ0n) is 15.2. The molecule has 2 N–H and O–H groups in total. The average molecular weight is 407 g/mol. The van der Waals surface area contributed by atoms with Crippen molar-refractivity contribution in [3.8, 4) is 0 Å². The topological polar surface area (TPSA) is 75.3 Å². The smallest absolute Gasteiger partial charge is 0.263 e. The average Bonchev–Trinajstić information content (AvgIpc) is 2.64. The molecule has 0 unspecified atom stereocenters. The molecule has 0 spiro atoms. The summed E-state index contributed by atoms with van der Waals surface area (Å²) in [6.07, 6.45) is 5.32. The lowest BCUT2D eigenvalue weighted by Crippen LogP contribution is -2.36. The molecule has 1 aliphatic rings. The summed E-state index contributed by atoms with van der Waals surface area (Å²) in [6, 6.07) is 11.5. The lowest BCUT2D eigenvalue weighted by atomic mass is 9.95. The first-order chi connectivity index (χ1) is 12.8. The van der Waals surface area contributed by atoms with Crippen LogP contribution in [0, 0.1) is 6.92 Å². The van der Waals surface area contributed by atoms with E-state index in [0.29, 0.717) is 5.69 Å². The minimum absolute atomic E-state index is 0.0730. The number of carbonyl (C=O) groups is 1. The molecule has 0 radical (unpaired) electrons. The van der Waals surface area contributed by atoms with Gasteiger partial charge >= 0.3 is 0 Å². The van der Waals surface area contributed by atoms with Gasteiger partial charge in [0.05, 0.1) is 5.02 Å². The van der Waals surface area contributed by atoms with Gasteiger partial charge in [-0.05, 0) is 50.1 Å². The van der Waals surface area contributed by atoms with Crippen molar-refractivity contribution in [2.24, 2.45) is 0 Å². The molecule has 5 nitrogen and oxygen atoms in total. The quantitative estimate of drug-likeness (QED) is 0.766. The molecule has 0 atom stereocenters. The molecule has 1 aliphatic carbocycles. The Morgan fingerprint density at radius 2 is 1.70 bits per heavy atom. The number of hydrogen-bond acceptors (Lipinski definition) is 3. The highest BCUT2D eigenvalue weighted by atomic mass is 35.5. The summed E-state index contributed by atoms with van der Waals surface area (Å²) in [7, 11) is -3.91. The van der Waals surface area contributed by atoms with Crippen molar-refractivity contribution >= 4 is 33.2 Å². The van der Waals surface area contributed by atoms with E-state index < -0.39 is 10.0 Å². The van der Waals surface area contributed by atoms with E-state index in [1.54, 1.807) is 18.2 Å². The first-order valence-electron chi connectivity index (χ1n) is 9.05. The van der Waals surface area contributed by atoms with Crippen molar-refractivity contribution in [3.63, 3.8) is 0 Å². The van der Waals surface area contributed by atoms with Gasteiger partial charge in [-0.2, -0.15) is 0 Å².